The van der Waals surface area contributed by atoms with Gasteiger partial charge in [-0.3, -0.25) is 14.4 Å². The van der Waals surface area contributed by atoms with Crippen molar-refractivity contribution in [1.82, 2.24) is 29.8 Å². The van der Waals surface area contributed by atoms with Crippen LogP contribution in [0.25, 0.3) is 0 Å². The van der Waals surface area contributed by atoms with Crippen LogP contribution in [0.15, 0.2) is 24.5 Å². The van der Waals surface area contributed by atoms with Crippen molar-refractivity contribution >= 4 is 5.91 Å². The van der Waals surface area contributed by atoms with Gasteiger partial charge >= 0.3 is 0 Å². The number of H-pyrrole nitrogens is 1. The van der Waals surface area contributed by atoms with Gasteiger partial charge < -0.3 is 9.88 Å². The molecule has 7 nitrogen and oxygen atoms in total. The Labute approximate surface area is 154 Å². The highest BCUT2D eigenvalue weighted by Crippen LogP contribution is 2.20. The number of nitrogens with one attached hydrogen (secondary N) is 1. The Morgan fingerprint density at radius 2 is 2.08 bits per heavy atom. The van der Waals surface area contributed by atoms with Crippen LogP contribution in [0.1, 0.15) is 48.3 Å². The molecule has 1 amide bonds. The van der Waals surface area contributed by atoms with Crippen LogP contribution in [-0.4, -0.2) is 61.9 Å². The Morgan fingerprint density at radius 1 is 1.19 bits per heavy atom. The minimum Gasteiger partial charge on any atom is -0.357 e. The maximum absolute atomic E-state index is 12.5. The molecule has 26 heavy (non-hydrogen) atoms. The Kier molecular flexibility index (Phi) is 5.34. The monoisotopic (exact) mass is 356 g/mol. The first-order chi connectivity index (χ1) is 12.8. The molecular formula is C19H28N6O. The highest BCUT2D eigenvalue weighted by atomic mass is 16.2. The lowest BCUT2D eigenvalue weighted by molar-refractivity contribution is 0.0654. The van der Waals surface area contributed by atoms with Crippen molar-refractivity contribution in [3.8, 4) is 0 Å². The van der Waals surface area contributed by atoms with E-state index in [-0.39, 0.29) is 5.91 Å². The van der Waals surface area contributed by atoms with Gasteiger partial charge in [0.15, 0.2) is 0 Å². The minimum atomic E-state index is 0.101. The fourth-order valence-corrected chi connectivity index (χ4v) is 4.14. The number of amides is 1. The van der Waals surface area contributed by atoms with E-state index in [1.54, 1.807) is 6.20 Å². The number of nitrogens with zero attached hydrogens (tertiary/aromatic N) is 5. The Balaban J connectivity index is 1.31. The molecule has 1 N–H and O–H groups in total. The van der Waals surface area contributed by atoms with Gasteiger partial charge in [0.1, 0.15) is 5.69 Å². The number of rotatable bonds is 5. The van der Waals surface area contributed by atoms with Crippen molar-refractivity contribution in [3.05, 3.63) is 35.9 Å². The molecule has 7 heteroatoms. The van der Waals surface area contributed by atoms with E-state index in [9.17, 15) is 4.79 Å². The Bertz CT molecular complexity index is 703. The average Bonchev–Trinajstić information content (AvgIpc) is 3.35. The van der Waals surface area contributed by atoms with E-state index in [4.69, 9.17) is 0 Å². The summed E-state index contributed by atoms with van der Waals surface area (Å²) in [6, 6.07) is 3.71. The zero-order valence-corrected chi connectivity index (χ0v) is 15.3. The Hall–Kier alpha value is -2.15. The molecule has 0 saturated carbocycles. The zero-order chi connectivity index (χ0) is 17.8. The second-order valence-electron chi connectivity index (χ2n) is 7.61. The molecular weight excluding hydrogens is 328 g/mol. The van der Waals surface area contributed by atoms with E-state index < -0.39 is 0 Å². The van der Waals surface area contributed by atoms with Crippen molar-refractivity contribution in [2.45, 2.75) is 45.2 Å². The molecule has 2 fully saturated rings. The number of piperidine rings is 2. The quantitative estimate of drug-likeness (QED) is 0.891. The molecule has 2 saturated heterocycles. The van der Waals surface area contributed by atoms with E-state index in [2.05, 4.69) is 26.4 Å². The predicted octanol–water partition coefficient (Wildman–Crippen LogP) is 2.14. The standard InChI is InChI=1S/C19H28N6O/c26-19(18-7-4-8-20-18)24-11-5-6-16(12-24)13-25-15-17(21-22-25)14-23-9-2-1-3-10-23/h4,7-8,15-16,20H,1-3,5-6,9-14H2. The van der Waals surface area contributed by atoms with Gasteiger partial charge in [0, 0.05) is 38.6 Å². The first-order valence-corrected chi connectivity index (χ1v) is 9.82. The van der Waals surface area contributed by atoms with Crippen LogP contribution in [0.5, 0.6) is 0 Å². The smallest absolute Gasteiger partial charge is 0.270 e. The highest BCUT2D eigenvalue weighted by Gasteiger charge is 2.25. The summed E-state index contributed by atoms with van der Waals surface area (Å²) in [5, 5.41) is 8.68. The molecule has 1 atom stereocenters. The number of aromatic amines is 1. The SMILES string of the molecule is O=C(c1ccc[nH]1)N1CCCC(Cn2cc(CN3CCCCC3)nn2)C1. The van der Waals surface area contributed by atoms with E-state index in [0.29, 0.717) is 11.6 Å². The zero-order valence-electron chi connectivity index (χ0n) is 15.3. The Morgan fingerprint density at radius 3 is 2.88 bits per heavy atom. The van der Waals surface area contributed by atoms with Crippen LogP contribution in [0.4, 0.5) is 0 Å². The van der Waals surface area contributed by atoms with Crippen LogP contribution in [0, 0.1) is 5.92 Å². The number of aromatic nitrogens is 4. The summed E-state index contributed by atoms with van der Waals surface area (Å²) in [5.74, 6) is 0.538. The van der Waals surface area contributed by atoms with Gasteiger partial charge in [0.2, 0.25) is 0 Å². The fraction of sp³-hybridized carbons (Fsp3) is 0.632. The highest BCUT2D eigenvalue weighted by molar-refractivity contribution is 5.92. The molecule has 0 radical (unpaired) electrons. The third-order valence-electron chi connectivity index (χ3n) is 5.50. The summed E-state index contributed by atoms with van der Waals surface area (Å²) in [6.07, 6.45) is 10.0. The van der Waals surface area contributed by atoms with Gasteiger partial charge in [0.05, 0.1) is 5.69 Å². The molecule has 0 aliphatic carbocycles. The van der Waals surface area contributed by atoms with Gasteiger partial charge in [-0.2, -0.15) is 0 Å². The number of hydrogen-bond donors (Lipinski definition) is 1. The molecule has 2 aliphatic rings. The topological polar surface area (TPSA) is 70.1 Å². The third kappa shape index (κ3) is 4.15. The lowest BCUT2D eigenvalue weighted by Crippen LogP contribution is -2.41. The minimum absolute atomic E-state index is 0.101. The lowest BCUT2D eigenvalue weighted by atomic mass is 9.98. The van der Waals surface area contributed by atoms with Gasteiger partial charge in [-0.05, 0) is 56.8 Å². The first-order valence-electron chi connectivity index (χ1n) is 9.82. The average molecular weight is 356 g/mol. The maximum atomic E-state index is 12.5. The van der Waals surface area contributed by atoms with Crippen molar-refractivity contribution in [3.63, 3.8) is 0 Å². The molecule has 0 bridgehead atoms. The van der Waals surface area contributed by atoms with Crippen molar-refractivity contribution in [1.29, 1.82) is 0 Å². The van der Waals surface area contributed by atoms with Gasteiger partial charge in [-0.25, -0.2) is 0 Å². The van der Waals surface area contributed by atoms with E-state index in [0.717, 1.165) is 44.7 Å². The number of likely N-dealkylation sites (tertiary alicyclic amines) is 2. The second-order valence-corrected chi connectivity index (χ2v) is 7.61. The van der Waals surface area contributed by atoms with E-state index in [1.807, 2.05) is 21.7 Å². The molecule has 0 aromatic carbocycles. The van der Waals surface area contributed by atoms with Crippen molar-refractivity contribution < 1.29 is 4.79 Å². The summed E-state index contributed by atoms with van der Waals surface area (Å²) in [5.41, 5.74) is 1.73. The largest absolute Gasteiger partial charge is 0.357 e. The molecule has 4 heterocycles. The maximum Gasteiger partial charge on any atom is 0.270 e. The lowest BCUT2D eigenvalue weighted by Gasteiger charge is -2.32. The normalized spacial score (nSPS) is 21.8. The summed E-state index contributed by atoms with van der Waals surface area (Å²) < 4.78 is 1.96. The predicted molar refractivity (Wildman–Crippen MR) is 98.6 cm³/mol. The van der Waals surface area contributed by atoms with Crippen LogP contribution in [-0.2, 0) is 13.1 Å². The number of carbonyl (C=O) groups is 1. The summed E-state index contributed by atoms with van der Waals surface area (Å²) in [7, 11) is 0. The summed E-state index contributed by atoms with van der Waals surface area (Å²) in [4.78, 5) is 20.0. The van der Waals surface area contributed by atoms with Crippen molar-refractivity contribution in [2.75, 3.05) is 26.2 Å². The molecule has 4 rings (SSSR count). The van der Waals surface area contributed by atoms with Gasteiger partial charge in [-0.1, -0.05) is 11.6 Å². The van der Waals surface area contributed by atoms with Gasteiger partial charge in [-0.15, -0.1) is 5.10 Å². The molecule has 2 aromatic rings. The van der Waals surface area contributed by atoms with E-state index in [1.165, 1.54) is 32.4 Å². The fourth-order valence-electron chi connectivity index (χ4n) is 4.14. The first kappa shape index (κ1) is 17.3. The van der Waals surface area contributed by atoms with Crippen LogP contribution in [0.2, 0.25) is 0 Å². The molecule has 140 valence electrons. The molecule has 2 aliphatic heterocycles. The van der Waals surface area contributed by atoms with Crippen LogP contribution < -0.4 is 0 Å². The molecule has 1 unspecified atom stereocenters. The van der Waals surface area contributed by atoms with Crippen LogP contribution in [0.3, 0.4) is 0 Å². The van der Waals surface area contributed by atoms with Gasteiger partial charge in [0.25, 0.3) is 5.91 Å². The second kappa shape index (κ2) is 8.03. The number of hydrogen-bond acceptors (Lipinski definition) is 4. The number of carbonyl (C=O) groups excluding carboxylic acids is 1. The van der Waals surface area contributed by atoms with E-state index >= 15 is 0 Å². The van der Waals surface area contributed by atoms with Crippen LogP contribution >= 0.6 is 0 Å². The summed E-state index contributed by atoms with van der Waals surface area (Å²) >= 11 is 0. The molecule has 0 spiro atoms. The molecule has 2 aromatic heterocycles. The van der Waals surface area contributed by atoms with Crippen molar-refractivity contribution in [2.24, 2.45) is 5.92 Å². The summed E-state index contributed by atoms with van der Waals surface area (Å²) in [6.45, 7) is 5.71. The third-order valence-corrected chi connectivity index (χ3v) is 5.50.